The predicted octanol–water partition coefficient (Wildman–Crippen LogP) is 3.29. The Balaban J connectivity index is 0.00000288. The highest BCUT2D eigenvalue weighted by Gasteiger charge is 2.16. The molecule has 0 aliphatic heterocycles. The van der Waals surface area contributed by atoms with E-state index in [2.05, 4.69) is 5.32 Å². The van der Waals surface area contributed by atoms with E-state index >= 15 is 0 Å². The number of methoxy groups -OCH3 is 1. The first-order valence-corrected chi connectivity index (χ1v) is 8.39. The van der Waals surface area contributed by atoms with Gasteiger partial charge in [-0.2, -0.15) is 0 Å². The Bertz CT molecular complexity index is 519. The average molecular weight is 357 g/mol. The van der Waals surface area contributed by atoms with Crippen molar-refractivity contribution in [1.82, 2.24) is 0 Å². The second kappa shape index (κ2) is 10.5. The van der Waals surface area contributed by atoms with E-state index in [4.69, 9.17) is 15.2 Å². The van der Waals surface area contributed by atoms with E-state index in [1.807, 2.05) is 25.1 Å². The fourth-order valence-electron chi connectivity index (χ4n) is 2.88. The van der Waals surface area contributed by atoms with E-state index in [0.717, 1.165) is 17.9 Å². The molecule has 5 nitrogen and oxygen atoms in total. The minimum atomic E-state index is -0.673. The normalized spacial score (nSPS) is 16.1. The molecule has 0 bridgehead atoms. The van der Waals surface area contributed by atoms with Gasteiger partial charge in [0, 0.05) is 18.9 Å². The molecule has 1 atom stereocenters. The van der Waals surface area contributed by atoms with Gasteiger partial charge < -0.3 is 20.5 Å². The molecule has 1 fully saturated rings. The Morgan fingerprint density at radius 1 is 1.33 bits per heavy atom. The standard InChI is InChI=1S/C18H28N2O3.ClH/c1-13-8-9-15(20-18(21)16(19)12-22-2)10-17(13)23-11-14-6-4-3-5-7-14;/h8-10,14,16H,3-7,11-12,19H2,1-2H3,(H,20,21);1H. The number of anilines is 1. The van der Waals surface area contributed by atoms with Crippen molar-refractivity contribution >= 4 is 24.0 Å². The summed E-state index contributed by atoms with van der Waals surface area (Å²) in [5.74, 6) is 1.22. The third-order valence-corrected chi connectivity index (χ3v) is 4.34. The van der Waals surface area contributed by atoms with Crippen LogP contribution in [-0.4, -0.2) is 32.3 Å². The Kier molecular flexibility index (Phi) is 9.11. The van der Waals surface area contributed by atoms with Crippen LogP contribution in [0.5, 0.6) is 5.75 Å². The second-order valence-corrected chi connectivity index (χ2v) is 6.35. The van der Waals surface area contributed by atoms with Crippen molar-refractivity contribution in [2.75, 3.05) is 25.6 Å². The number of carbonyl (C=O) groups is 1. The lowest BCUT2D eigenvalue weighted by Crippen LogP contribution is -2.39. The van der Waals surface area contributed by atoms with Crippen LogP contribution < -0.4 is 15.8 Å². The van der Waals surface area contributed by atoms with Gasteiger partial charge in [0.05, 0.1) is 13.2 Å². The van der Waals surface area contributed by atoms with Gasteiger partial charge in [-0.3, -0.25) is 4.79 Å². The summed E-state index contributed by atoms with van der Waals surface area (Å²) >= 11 is 0. The van der Waals surface area contributed by atoms with Crippen LogP contribution in [0.4, 0.5) is 5.69 Å². The number of amides is 1. The molecular formula is C18H29ClN2O3. The molecule has 0 spiro atoms. The van der Waals surface area contributed by atoms with Gasteiger partial charge in [0.25, 0.3) is 0 Å². The first-order chi connectivity index (χ1) is 11.1. The Labute approximate surface area is 150 Å². The second-order valence-electron chi connectivity index (χ2n) is 6.35. The fourth-order valence-corrected chi connectivity index (χ4v) is 2.88. The Morgan fingerprint density at radius 2 is 2.04 bits per heavy atom. The van der Waals surface area contributed by atoms with Crippen LogP contribution in [0.3, 0.4) is 0 Å². The summed E-state index contributed by atoms with van der Waals surface area (Å²) in [5.41, 5.74) is 7.50. The number of nitrogens with one attached hydrogen (secondary N) is 1. The van der Waals surface area contributed by atoms with Gasteiger partial charge >= 0.3 is 0 Å². The smallest absolute Gasteiger partial charge is 0.243 e. The molecule has 1 aromatic carbocycles. The molecule has 1 aromatic rings. The van der Waals surface area contributed by atoms with Crippen LogP contribution in [0.2, 0.25) is 0 Å². The maximum atomic E-state index is 11.9. The van der Waals surface area contributed by atoms with Crippen molar-refractivity contribution in [3.8, 4) is 5.75 Å². The van der Waals surface area contributed by atoms with Gasteiger partial charge in [-0.1, -0.05) is 25.3 Å². The third kappa shape index (κ3) is 6.30. The molecular weight excluding hydrogens is 328 g/mol. The molecule has 3 N–H and O–H groups in total. The van der Waals surface area contributed by atoms with Gasteiger partial charge in [0.2, 0.25) is 5.91 Å². The number of benzene rings is 1. The minimum Gasteiger partial charge on any atom is -0.493 e. The average Bonchev–Trinajstić information content (AvgIpc) is 2.56. The van der Waals surface area contributed by atoms with Gasteiger partial charge in [0.15, 0.2) is 0 Å². The van der Waals surface area contributed by atoms with E-state index in [9.17, 15) is 4.79 Å². The molecule has 1 aliphatic carbocycles. The zero-order valence-electron chi connectivity index (χ0n) is 14.5. The minimum absolute atomic E-state index is 0. The SMILES string of the molecule is COCC(N)C(=O)Nc1ccc(C)c(OCC2CCCCC2)c1.Cl. The molecule has 136 valence electrons. The molecule has 1 unspecified atom stereocenters. The van der Waals surface area contributed by atoms with E-state index in [1.165, 1.54) is 39.2 Å². The highest BCUT2D eigenvalue weighted by atomic mass is 35.5. The Hall–Kier alpha value is -1.30. The Morgan fingerprint density at radius 3 is 2.71 bits per heavy atom. The van der Waals surface area contributed by atoms with Crippen molar-refractivity contribution in [3.63, 3.8) is 0 Å². The number of halogens is 1. The largest absolute Gasteiger partial charge is 0.493 e. The summed E-state index contributed by atoms with van der Waals surface area (Å²) in [6.07, 6.45) is 6.46. The van der Waals surface area contributed by atoms with Crippen molar-refractivity contribution in [2.45, 2.75) is 45.1 Å². The number of carbonyl (C=O) groups excluding carboxylic acids is 1. The van der Waals surface area contributed by atoms with Crippen molar-refractivity contribution < 1.29 is 14.3 Å². The lowest BCUT2D eigenvalue weighted by molar-refractivity contribution is -0.118. The summed E-state index contributed by atoms with van der Waals surface area (Å²) in [7, 11) is 1.52. The number of nitrogens with two attached hydrogens (primary N) is 1. The number of hydrogen-bond acceptors (Lipinski definition) is 4. The molecule has 24 heavy (non-hydrogen) atoms. The van der Waals surface area contributed by atoms with Crippen molar-refractivity contribution in [1.29, 1.82) is 0 Å². The van der Waals surface area contributed by atoms with Gasteiger partial charge in [-0.15, -0.1) is 12.4 Å². The van der Waals surface area contributed by atoms with Gasteiger partial charge in [-0.25, -0.2) is 0 Å². The zero-order valence-corrected chi connectivity index (χ0v) is 15.4. The van der Waals surface area contributed by atoms with E-state index in [-0.39, 0.29) is 24.9 Å². The van der Waals surface area contributed by atoms with Crippen LogP contribution in [-0.2, 0) is 9.53 Å². The highest BCUT2D eigenvalue weighted by Crippen LogP contribution is 2.27. The highest BCUT2D eigenvalue weighted by molar-refractivity contribution is 5.95. The number of aryl methyl sites for hydroxylation is 1. The molecule has 0 radical (unpaired) electrons. The van der Waals surface area contributed by atoms with Crippen molar-refractivity contribution in [2.24, 2.45) is 11.7 Å². The summed E-state index contributed by atoms with van der Waals surface area (Å²) in [5, 5.41) is 2.81. The fraction of sp³-hybridized carbons (Fsp3) is 0.611. The molecule has 1 saturated carbocycles. The van der Waals surface area contributed by atoms with Crippen molar-refractivity contribution in [3.05, 3.63) is 23.8 Å². The molecule has 0 heterocycles. The summed E-state index contributed by atoms with van der Waals surface area (Å²) < 4.78 is 10.9. The van der Waals surface area contributed by atoms with E-state index in [0.29, 0.717) is 11.6 Å². The topological polar surface area (TPSA) is 73.6 Å². The van der Waals surface area contributed by atoms with Crippen LogP contribution in [0.1, 0.15) is 37.7 Å². The summed E-state index contributed by atoms with van der Waals surface area (Å²) in [4.78, 5) is 11.9. The maximum absolute atomic E-state index is 11.9. The molecule has 0 saturated heterocycles. The first kappa shape index (κ1) is 20.7. The van der Waals surface area contributed by atoms with Crippen LogP contribution in [0, 0.1) is 12.8 Å². The quantitative estimate of drug-likeness (QED) is 0.786. The monoisotopic (exact) mass is 356 g/mol. The predicted molar refractivity (Wildman–Crippen MR) is 99.0 cm³/mol. The summed E-state index contributed by atoms with van der Waals surface area (Å²) in [6.45, 7) is 2.96. The summed E-state index contributed by atoms with van der Waals surface area (Å²) in [6, 6.07) is 5.01. The van der Waals surface area contributed by atoms with E-state index in [1.54, 1.807) is 0 Å². The van der Waals surface area contributed by atoms with Crippen LogP contribution in [0.15, 0.2) is 18.2 Å². The number of rotatable bonds is 7. The van der Waals surface area contributed by atoms with Crippen LogP contribution in [0.25, 0.3) is 0 Å². The first-order valence-electron chi connectivity index (χ1n) is 8.39. The molecule has 6 heteroatoms. The molecule has 2 rings (SSSR count). The molecule has 1 aliphatic rings. The number of hydrogen-bond donors (Lipinski definition) is 2. The van der Waals surface area contributed by atoms with Crippen LogP contribution >= 0.6 is 12.4 Å². The van der Waals surface area contributed by atoms with Gasteiger partial charge in [0.1, 0.15) is 11.8 Å². The van der Waals surface area contributed by atoms with E-state index < -0.39 is 6.04 Å². The zero-order chi connectivity index (χ0) is 16.7. The lowest BCUT2D eigenvalue weighted by atomic mass is 9.90. The molecule has 1 amide bonds. The van der Waals surface area contributed by atoms with Gasteiger partial charge in [-0.05, 0) is 37.3 Å². The number of ether oxygens (including phenoxy) is 2. The third-order valence-electron chi connectivity index (χ3n) is 4.34. The lowest BCUT2D eigenvalue weighted by Gasteiger charge is -2.22. The maximum Gasteiger partial charge on any atom is 0.243 e. The molecule has 0 aromatic heterocycles.